The number of hydrogen-bond acceptors (Lipinski definition) is 7. The number of anilines is 2. The third kappa shape index (κ3) is 5.24. The topological polar surface area (TPSA) is 119 Å². The van der Waals surface area contributed by atoms with Gasteiger partial charge in [0.25, 0.3) is 5.91 Å². The number of ether oxygens (including phenoxy) is 2. The number of benzene rings is 2. The van der Waals surface area contributed by atoms with Crippen LogP contribution in [0.25, 0.3) is 10.9 Å². The molecule has 0 bridgehead atoms. The first kappa shape index (κ1) is 23.8. The van der Waals surface area contributed by atoms with E-state index in [0.29, 0.717) is 47.2 Å². The van der Waals surface area contributed by atoms with Gasteiger partial charge in [-0.2, -0.15) is 0 Å². The number of carbonyl (C=O) groups excluding carboxylic acids is 1. The highest BCUT2D eigenvalue weighted by atomic mass is 16.5. The molecule has 8 nitrogen and oxygen atoms in total. The predicted octanol–water partition coefficient (Wildman–Crippen LogP) is 3.66. The lowest BCUT2D eigenvalue weighted by molar-refractivity contribution is 0.100. The monoisotopic (exact) mass is 464 g/mol. The van der Waals surface area contributed by atoms with Crippen molar-refractivity contribution in [1.82, 2.24) is 10.3 Å². The number of nitrogens with zero attached hydrogens (tertiary/aromatic N) is 1. The molecule has 1 amide bonds. The Hall–Kier alpha value is -3.36. The number of methoxy groups -OCH3 is 1. The van der Waals surface area contributed by atoms with Crippen LogP contribution in [0.2, 0.25) is 0 Å². The predicted molar refractivity (Wildman–Crippen MR) is 133 cm³/mol. The number of pyridine rings is 1. The molecule has 1 aliphatic rings. The molecule has 1 aliphatic carbocycles. The molecule has 2 aromatic carbocycles. The van der Waals surface area contributed by atoms with E-state index in [9.17, 15) is 9.90 Å². The Labute approximate surface area is 199 Å². The highest BCUT2D eigenvalue weighted by Gasteiger charge is 2.20. The number of hydrogen-bond donors (Lipinski definition) is 4. The summed E-state index contributed by atoms with van der Waals surface area (Å²) in [5.74, 6) is 0.565. The summed E-state index contributed by atoms with van der Waals surface area (Å²) < 4.78 is 11.6. The Kier molecular flexibility index (Phi) is 7.49. The third-order valence-corrected chi connectivity index (χ3v) is 6.06. The molecule has 0 atom stereocenters. The van der Waals surface area contributed by atoms with E-state index in [1.165, 1.54) is 19.0 Å². The van der Waals surface area contributed by atoms with Crippen molar-refractivity contribution in [1.29, 1.82) is 0 Å². The van der Waals surface area contributed by atoms with Crippen LogP contribution in [0.3, 0.4) is 0 Å². The first-order valence-electron chi connectivity index (χ1n) is 11.7. The van der Waals surface area contributed by atoms with Gasteiger partial charge in [0.15, 0.2) is 11.5 Å². The molecule has 0 spiro atoms. The van der Waals surface area contributed by atoms with Crippen LogP contribution in [0.5, 0.6) is 11.5 Å². The van der Waals surface area contributed by atoms with Crippen LogP contribution < -0.4 is 25.8 Å². The van der Waals surface area contributed by atoms with Crippen molar-refractivity contribution >= 4 is 28.2 Å². The van der Waals surface area contributed by atoms with Gasteiger partial charge in [0, 0.05) is 29.4 Å². The third-order valence-electron chi connectivity index (χ3n) is 6.06. The second kappa shape index (κ2) is 10.7. The average molecular weight is 465 g/mol. The van der Waals surface area contributed by atoms with Gasteiger partial charge in [-0.05, 0) is 55.5 Å². The maximum Gasteiger partial charge on any atom is 0.252 e. The summed E-state index contributed by atoms with van der Waals surface area (Å²) in [6.45, 7) is 3.39. The van der Waals surface area contributed by atoms with Gasteiger partial charge in [0.1, 0.15) is 0 Å². The summed E-state index contributed by atoms with van der Waals surface area (Å²) >= 11 is 0. The van der Waals surface area contributed by atoms with E-state index < -0.39 is 5.91 Å². The molecular weight excluding hydrogens is 432 g/mol. The fraction of sp³-hybridized carbons (Fsp3) is 0.385. The molecule has 8 heteroatoms. The van der Waals surface area contributed by atoms with Crippen LogP contribution in [0, 0.1) is 0 Å². The van der Waals surface area contributed by atoms with Crippen LogP contribution >= 0.6 is 0 Å². The van der Waals surface area contributed by atoms with E-state index in [0.717, 1.165) is 29.8 Å². The number of nitrogens with one attached hydrogen (secondary N) is 2. The van der Waals surface area contributed by atoms with E-state index in [2.05, 4.69) is 15.6 Å². The zero-order chi connectivity index (χ0) is 24.1. The summed E-state index contributed by atoms with van der Waals surface area (Å²) in [4.78, 5) is 16.7. The van der Waals surface area contributed by atoms with Gasteiger partial charge >= 0.3 is 0 Å². The Balaban J connectivity index is 1.71. The molecule has 1 saturated carbocycles. The van der Waals surface area contributed by atoms with Gasteiger partial charge in [-0.3, -0.25) is 9.78 Å². The lowest BCUT2D eigenvalue weighted by atomic mass is 10.0. The summed E-state index contributed by atoms with van der Waals surface area (Å²) in [6.07, 6.45) is 5.57. The number of carbonyl (C=O) groups is 1. The van der Waals surface area contributed by atoms with Crippen LogP contribution in [0.1, 0.15) is 47.7 Å². The minimum atomic E-state index is -0.585. The van der Waals surface area contributed by atoms with E-state index >= 15 is 0 Å². The maximum absolute atomic E-state index is 12.3. The minimum absolute atomic E-state index is 0.0662. The van der Waals surface area contributed by atoms with Gasteiger partial charge in [-0.15, -0.1) is 0 Å². The van der Waals surface area contributed by atoms with E-state index in [-0.39, 0.29) is 12.2 Å². The van der Waals surface area contributed by atoms with Crippen molar-refractivity contribution in [3.05, 3.63) is 53.2 Å². The fourth-order valence-electron chi connectivity index (χ4n) is 4.09. The second-order valence-electron chi connectivity index (χ2n) is 8.44. The van der Waals surface area contributed by atoms with Crippen LogP contribution in [0.4, 0.5) is 11.4 Å². The average Bonchev–Trinajstić information content (AvgIpc) is 3.67. The van der Waals surface area contributed by atoms with Crippen LogP contribution in [-0.2, 0) is 13.0 Å². The van der Waals surface area contributed by atoms with E-state index in [1.807, 2.05) is 31.2 Å². The van der Waals surface area contributed by atoms with Gasteiger partial charge in [-0.25, -0.2) is 0 Å². The molecule has 34 heavy (non-hydrogen) atoms. The summed E-state index contributed by atoms with van der Waals surface area (Å²) in [5, 5.41) is 17.3. The maximum atomic E-state index is 12.3. The quantitative estimate of drug-likeness (QED) is 0.302. The minimum Gasteiger partial charge on any atom is -0.493 e. The Morgan fingerprint density at radius 2 is 2.09 bits per heavy atom. The Morgan fingerprint density at radius 3 is 2.76 bits per heavy atom. The number of aliphatic hydroxyl groups excluding tert-OH is 1. The van der Waals surface area contributed by atoms with Crippen molar-refractivity contribution in [3.63, 3.8) is 0 Å². The summed E-state index contributed by atoms with van der Waals surface area (Å²) in [5.41, 5.74) is 9.76. The molecule has 4 rings (SSSR count). The smallest absolute Gasteiger partial charge is 0.252 e. The van der Waals surface area contributed by atoms with Gasteiger partial charge < -0.3 is 30.9 Å². The zero-order valence-corrected chi connectivity index (χ0v) is 19.7. The van der Waals surface area contributed by atoms with Gasteiger partial charge in [0.05, 0.1) is 37.1 Å². The standard InChI is InChI=1S/C26H32N4O4/c1-3-18-16(15-31)6-4-7-21(18)30-25-19-12-24(34-11-5-10-28-17-8-9-17)23(33-2)13-22(19)29-14-20(25)26(27)32/h4,6-7,12-14,17,28,31H,3,5,8-11,15H2,1-2H3,(H2,27,32)(H,29,30). The number of primary amides is 1. The number of fused-ring (bicyclic) bond motifs is 1. The molecule has 0 saturated heterocycles. The molecule has 1 aromatic heterocycles. The van der Waals surface area contributed by atoms with Crippen LogP contribution in [0.15, 0.2) is 36.5 Å². The van der Waals surface area contributed by atoms with Gasteiger partial charge in [0.2, 0.25) is 0 Å². The van der Waals surface area contributed by atoms with Crippen molar-refractivity contribution in [3.8, 4) is 11.5 Å². The molecule has 5 N–H and O–H groups in total. The van der Waals surface area contributed by atoms with Crippen molar-refractivity contribution < 1.29 is 19.4 Å². The molecule has 180 valence electrons. The van der Waals surface area contributed by atoms with Crippen molar-refractivity contribution in [2.75, 3.05) is 25.6 Å². The number of nitrogens with two attached hydrogens (primary N) is 1. The summed E-state index contributed by atoms with van der Waals surface area (Å²) in [6, 6.07) is 9.98. The van der Waals surface area contributed by atoms with E-state index in [4.69, 9.17) is 15.2 Å². The molecule has 1 fully saturated rings. The Bertz CT molecular complexity index is 1180. The second-order valence-corrected chi connectivity index (χ2v) is 8.44. The highest BCUT2D eigenvalue weighted by Crippen LogP contribution is 2.38. The van der Waals surface area contributed by atoms with Crippen molar-refractivity contribution in [2.24, 2.45) is 5.73 Å². The normalized spacial score (nSPS) is 13.1. The fourth-order valence-corrected chi connectivity index (χ4v) is 4.09. The summed E-state index contributed by atoms with van der Waals surface area (Å²) in [7, 11) is 1.59. The Morgan fingerprint density at radius 1 is 1.26 bits per heavy atom. The van der Waals surface area contributed by atoms with E-state index in [1.54, 1.807) is 13.2 Å². The largest absolute Gasteiger partial charge is 0.493 e. The molecular formula is C26H32N4O4. The molecule has 0 unspecified atom stereocenters. The SMILES string of the molecule is CCc1c(CO)cccc1Nc1c(C(N)=O)cnc2cc(OC)c(OCCCNC3CC3)cc12. The van der Waals surface area contributed by atoms with Gasteiger partial charge in [-0.1, -0.05) is 19.1 Å². The lowest BCUT2D eigenvalue weighted by Crippen LogP contribution is -2.19. The molecule has 3 aromatic rings. The molecule has 0 radical (unpaired) electrons. The number of rotatable bonds is 12. The number of amides is 1. The lowest BCUT2D eigenvalue weighted by Gasteiger charge is -2.19. The zero-order valence-electron chi connectivity index (χ0n) is 19.7. The molecule has 1 heterocycles. The first-order valence-corrected chi connectivity index (χ1v) is 11.7. The molecule has 0 aliphatic heterocycles. The number of aromatic nitrogens is 1. The number of aliphatic hydroxyl groups is 1. The first-order chi connectivity index (χ1) is 16.5. The van der Waals surface area contributed by atoms with Crippen LogP contribution in [-0.4, -0.2) is 42.3 Å². The van der Waals surface area contributed by atoms with Crippen molar-refractivity contribution in [2.45, 2.75) is 45.3 Å². The highest BCUT2D eigenvalue weighted by molar-refractivity contribution is 6.08.